The number of aryl methyl sites for hydroxylation is 1. The highest BCUT2D eigenvalue weighted by Crippen LogP contribution is 2.30. The zero-order valence-corrected chi connectivity index (χ0v) is 10.4. The Hall–Kier alpha value is -1.49. The van der Waals surface area contributed by atoms with Gasteiger partial charge >= 0.3 is 0 Å². The van der Waals surface area contributed by atoms with Gasteiger partial charge in [0, 0.05) is 29.9 Å². The Morgan fingerprint density at radius 3 is 2.76 bits per heavy atom. The second-order valence-corrected chi connectivity index (χ2v) is 4.82. The number of aromatic nitrogens is 1. The van der Waals surface area contributed by atoms with Crippen molar-refractivity contribution in [3.05, 3.63) is 33.1 Å². The van der Waals surface area contributed by atoms with Gasteiger partial charge in [-0.25, -0.2) is 0 Å². The minimum atomic E-state index is -0.324. The molecule has 0 amide bonds. The van der Waals surface area contributed by atoms with Crippen molar-refractivity contribution in [2.45, 2.75) is 39.8 Å². The van der Waals surface area contributed by atoms with Gasteiger partial charge < -0.3 is 5.32 Å². The lowest BCUT2D eigenvalue weighted by Crippen LogP contribution is -2.19. The second kappa shape index (κ2) is 4.41. The normalized spacial score (nSPS) is 22.5. The fourth-order valence-electron chi connectivity index (χ4n) is 2.06. The van der Waals surface area contributed by atoms with Gasteiger partial charge in [0.1, 0.15) is 0 Å². The lowest BCUT2D eigenvalue weighted by atomic mass is 10.1. The smallest absolute Gasteiger partial charge is 0.278 e. The van der Waals surface area contributed by atoms with E-state index in [1.165, 1.54) is 6.42 Å². The van der Waals surface area contributed by atoms with E-state index < -0.39 is 0 Å². The Balaban J connectivity index is 2.17. The van der Waals surface area contributed by atoms with E-state index in [0.29, 0.717) is 23.7 Å². The third kappa shape index (κ3) is 2.44. The Kier molecular flexibility index (Phi) is 3.11. The minimum absolute atomic E-state index is 0.195. The number of hydrogen-bond acceptors (Lipinski definition) is 4. The molecule has 1 aliphatic carbocycles. The van der Waals surface area contributed by atoms with Crippen LogP contribution in [0.1, 0.15) is 30.2 Å². The second-order valence-electron chi connectivity index (χ2n) is 4.82. The molecule has 0 spiro atoms. The summed E-state index contributed by atoms with van der Waals surface area (Å²) in [4.78, 5) is 14.9. The van der Waals surface area contributed by atoms with Crippen LogP contribution in [0, 0.1) is 29.9 Å². The summed E-state index contributed by atoms with van der Waals surface area (Å²) in [6.45, 7) is 6.29. The van der Waals surface area contributed by atoms with Gasteiger partial charge in [-0.3, -0.25) is 15.1 Å². The van der Waals surface area contributed by atoms with Gasteiger partial charge in [-0.1, -0.05) is 6.92 Å². The van der Waals surface area contributed by atoms with Gasteiger partial charge in [0.05, 0.1) is 10.6 Å². The summed E-state index contributed by atoms with van der Waals surface area (Å²) in [6.07, 6.45) is 2.77. The third-order valence-electron chi connectivity index (χ3n) is 3.40. The van der Waals surface area contributed by atoms with Crippen molar-refractivity contribution in [1.29, 1.82) is 0 Å². The first-order chi connectivity index (χ1) is 8.00. The van der Waals surface area contributed by atoms with E-state index in [9.17, 15) is 10.1 Å². The molecule has 0 radical (unpaired) electrons. The van der Waals surface area contributed by atoms with Crippen LogP contribution >= 0.6 is 0 Å². The van der Waals surface area contributed by atoms with Crippen LogP contribution in [0.25, 0.3) is 0 Å². The number of rotatable bonds is 4. The highest BCUT2D eigenvalue weighted by Gasteiger charge is 2.32. The number of nitrogens with zero attached hydrogens (tertiary/aromatic N) is 2. The molecule has 0 bridgehead atoms. The molecule has 2 atom stereocenters. The van der Waals surface area contributed by atoms with Crippen molar-refractivity contribution < 1.29 is 4.92 Å². The van der Waals surface area contributed by atoms with Crippen LogP contribution in [-0.4, -0.2) is 15.9 Å². The van der Waals surface area contributed by atoms with E-state index in [2.05, 4.69) is 17.2 Å². The molecule has 2 rings (SSSR count). The lowest BCUT2D eigenvalue weighted by Gasteiger charge is -2.08. The van der Waals surface area contributed by atoms with Gasteiger partial charge in [0.15, 0.2) is 0 Å². The van der Waals surface area contributed by atoms with Crippen molar-refractivity contribution in [1.82, 2.24) is 10.3 Å². The van der Waals surface area contributed by atoms with Crippen LogP contribution in [0.3, 0.4) is 0 Å². The van der Waals surface area contributed by atoms with E-state index in [1.807, 2.05) is 0 Å². The zero-order valence-electron chi connectivity index (χ0n) is 10.4. The largest absolute Gasteiger partial charge is 0.308 e. The molecule has 5 nitrogen and oxygen atoms in total. The molecular weight excluding hydrogens is 218 g/mol. The summed E-state index contributed by atoms with van der Waals surface area (Å²) < 4.78 is 0. The van der Waals surface area contributed by atoms with Crippen molar-refractivity contribution in [3.63, 3.8) is 0 Å². The molecule has 1 aliphatic rings. The number of nitro groups is 1. The average molecular weight is 235 g/mol. The van der Waals surface area contributed by atoms with Gasteiger partial charge in [-0.2, -0.15) is 0 Å². The van der Waals surface area contributed by atoms with Crippen molar-refractivity contribution in [2.24, 2.45) is 5.92 Å². The minimum Gasteiger partial charge on any atom is -0.308 e. The lowest BCUT2D eigenvalue weighted by molar-refractivity contribution is -0.386. The molecule has 1 heterocycles. The van der Waals surface area contributed by atoms with Gasteiger partial charge in [-0.05, 0) is 26.2 Å². The molecule has 0 aliphatic heterocycles. The van der Waals surface area contributed by atoms with Crippen LogP contribution in [0.5, 0.6) is 0 Å². The Labute approximate surface area is 100 Å². The Morgan fingerprint density at radius 2 is 2.24 bits per heavy atom. The summed E-state index contributed by atoms with van der Waals surface area (Å²) in [5, 5.41) is 14.3. The highest BCUT2D eigenvalue weighted by molar-refractivity contribution is 5.47. The quantitative estimate of drug-likeness (QED) is 0.641. The first-order valence-electron chi connectivity index (χ1n) is 5.83. The molecule has 0 saturated heterocycles. The van der Waals surface area contributed by atoms with Gasteiger partial charge in [0.2, 0.25) is 0 Å². The van der Waals surface area contributed by atoms with E-state index in [1.54, 1.807) is 20.0 Å². The molecule has 17 heavy (non-hydrogen) atoms. The molecular formula is C12H17N3O2. The van der Waals surface area contributed by atoms with Crippen LogP contribution in [0.2, 0.25) is 0 Å². The van der Waals surface area contributed by atoms with E-state index in [0.717, 1.165) is 11.6 Å². The van der Waals surface area contributed by atoms with Gasteiger partial charge in [0.25, 0.3) is 5.69 Å². The predicted octanol–water partition coefficient (Wildman–Crippen LogP) is 2.10. The maximum absolute atomic E-state index is 11.0. The van der Waals surface area contributed by atoms with Crippen LogP contribution in [0.4, 0.5) is 5.69 Å². The maximum atomic E-state index is 11.0. The summed E-state index contributed by atoms with van der Waals surface area (Å²) in [5.41, 5.74) is 2.27. The summed E-state index contributed by atoms with van der Waals surface area (Å²) >= 11 is 0. The fraction of sp³-hybridized carbons (Fsp3) is 0.583. The van der Waals surface area contributed by atoms with Crippen molar-refractivity contribution in [2.75, 3.05) is 0 Å². The van der Waals surface area contributed by atoms with E-state index in [4.69, 9.17) is 0 Å². The summed E-state index contributed by atoms with van der Waals surface area (Å²) in [6, 6.07) is 0.552. The SMILES string of the molecule is Cc1cnc(CNC2CC2C)c(C)c1[N+](=O)[O-]. The molecule has 1 aromatic rings. The third-order valence-corrected chi connectivity index (χ3v) is 3.40. The first-order valence-corrected chi connectivity index (χ1v) is 5.83. The molecule has 1 saturated carbocycles. The highest BCUT2D eigenvalue weighted by atomic mass is 16.6. The first kappa shape index (κ1) is 12.0. The molecule has 5 heteroatoms. The zero-order chi connectivity index (χ0) is 12.6. The molecule has 1 N–H and O–H groups in total. The standard InChI is InChI=1S/C12H17N3O2/c1-7-4-10(7)14-6-11-9(3)12(15(16)17)8(2)5-13-11/h5,7,10,14H,4,6H2,1-3H3. The fourth-order valence-corrected chi connectivity index (χ4v) is 2.06. The molecule has 92 valence electrons. The Bertz CT molecular complexity index is 459. The van der Waals surface area contributed by atoms with E-state index in [-0.39, 0.29) is 10.6 Å². The predicted molar refractivity (Wildman–Crippen MR) is 64.8 cm³/mol. The van der Waals surface area contributed by atoms with Crippen LogP contribution in [0.15, 0.2) is 6.20 Å². The van der Waals surface area contributed by atoms with Crippen molar-refractivity contribution >= 4 is 5.69 Å². The topological polar surface area (TPSA) is 68.1 Å². The number of nitrogens with one attached hydrogen (secondary N) is 1. The molecule has 1 fully saturated rings. The summed E-state index contributed by atoms with van der Waals surface area (Å²) in [7, 11) is 0. The molecule has 2 unspecified atom stereocenters. The molecule has 0 aromatic carbocycles. The molecule has 1 aromatic heterocycles. The monoisotopic (exact) mass is 235 g/mol. The van der Waals surface area contributed by atoms with Crippen LogP contribution < -0.4 is 5.32 Å². The van der Waals surface area contributed by atoms with Gasteiger partial charge in [-0.15, -0.1) is 0 Å². The number of hydrogen-bond donors (Lipinski definition) is 1. The maximum Gasteiger partial charge on any atom is 0.278 e. The van der Waals surface area contributed by atoms with Crippen LogP contribution in [-0.2, 0) is 6.54 Å². The van der Waals surface area contributed by atoms with E-state index >= 15 is 0 Å². The van der Waals surface area contributed by atoms with Crippen molar-refractivity contribution in [3.8, 4) is 0 Å². The summed E-state index contributed by atoms with van der Waals surface area (Å²) in [5.74, 6) is 0.718. The average Bonchev–Trinajstić information content (AvgIpc) is 2.93. The Morgan fingerprint density at radius 1 is 1.59 bits per heavy atom. The number of pyridine rings is 1.